The van der Waals surface area contributed by atoms with Crippen LogP contribution in [0.4, 0.5) is 8.78 Å². The zero-order valence-electron chi connectivity index (χ0n) is 13.8. The average Bonchev–Trinajstić information content (AvgIpc) is 3.09. The molecule has 134 valence electrons. The van der Waals surface area contributed by atoms with Gasteiger partial charge in [0.2, 0.25) is 5.91 Å². The van der Waals surface area contributed by atoms with Crippen molar-refractivity contribution in [2.75, 3.05) is 5.75 Å². The highest BCUT2D eigenvalue weighted by atomic mass is 32.2. The van der Waals surface area contributed by atoms with Gasteiger partial charge in [-0.3, -0.25) is 4.79 Å². The van der Waals surface area contributed by atoms with Crippen molar-refractivity contribution in [1.29, 1.82) is 0 Å². The van der Waals surface area contributed by atoms with Crippen LogP contribution in [-0.2, 0) is 4.79 Å². The number of carbonyl (C=O) groups is 1. The molecule has 0 saturated carbocycles. The summed E-state index contributed by atoms with van der Waals surface area (Å²) < 4.78 is 32.0. The fraction of sp³-hybridized carbons (Fsp3) is 0.167. The van der Waals surface area contributed by atoms with Gasteiger partial charge in [-0.15, -0.1) is 10.2 Å². The maximum atomic E-state index is 13.7. The maximum Gasteiger partial charge on any atom is 0.277 e. The first-order valence-corrected chi connectivity index (χ1v) is 8.77. The molecule has 1 aromatic heterocycles. The molecule has 0 saturated heterocycles. The Labute approximate surface area is 152 Å². The average molecular weight is 375 g/mol. The van der Waals surface area contributed by atoms with Gasteiger partial charge >= 0.3 is 0 Å². The quantitative estimate of drug-likeness (QED) is 0.660. The minimum Gasteiger partial charge on any atom is -0.411 e. The molecule has 3 rings (SSSR count). The van der Waals surface area contributed by atoms with E-state index in [-0.39, 0.29) is 40.2 Å². The summed E-state index contributed by atoms with van der Waals surface area (Å²) in [6.45, 7) is 1.80. The Hall–Kier alpha value is -2.74. The Morgan fingerprint density at radius 3 is 2.62 bits per heavy atom. The topological polar surface area (TPSA) is 68.0 Å². The SMILES string of the molecule is C[C@H](NC(=O)CSc1nnc(-c2ccccc2F)o1)c1ccc(F)cc1. The van der Waals surface area contributed by atoms with Gasteiger partial charge in [0, 0.05) is 0 Å². The summed E-state index contributed by atoms with van der Waals surface area (Å²) in [5.41, 5.74) is 1.01. The smallest absolute Gasteiger partial charge is 0.277 e. The lowest BCUT2D eigenvalue weighted by Crippen LogP contribution is -2.28. The number of carbonyl (C=O) groups excluding carboxylic acids is 1. The van der Waals surface area contributed by atoms with E-state index in [2.05, 4.69) is 15.5 Å². The van der Waals surface area contributed by atoms with Gasteiger partial charge in [-0.25, -0.2) is 8.78 Å². The van der Waals surface area contributed by atoms with Crippen molar-refractivity contribution in [3.05, 3.63) is 65.7 Å². The molecule has 1 amide bonds. The normalized spacial score (nSPS) is 12.0. The van der Waals surface area contributed by atoms with Gasteiger partial charge in [-0.05, 0) is 36.8 Å². The maximum absolute atomic E-state index is 13.7. The Bertz CT molecular complexity index is 899. The summed E-state index contributed by atoms with van der Waals surface area (Å²) in [5.74, 6) is -0.906. The minimum atomic E-state index is -0.460. The molecular weight excluding hydrogens is 360 g/mol. The fourth-order valence-electron chi connectivity index (χ4n) is 2.26. The van der Waals surface area contributed by atoms with Crippen LogP contribution in [0.1, 0.15) is 18.5 Å². The number of nitrogens with zero attached hydrogens (tertiary/aromatic N) is 2. The zero-order valence-corrected chi connectivity index (χ0v) is 14.6. The molecule has 0 fully saturated rings. The number of hydrogen-bond acceptors (Lipinski definition) is 5. The molecular formula is C18H15F2N3O2S. The van der Waals surface area contributed by atoms with Crippen LogP contribution >= 0.6 is 11.8 Å². The van der Waals surface area contributed by atoms with Crippen molar-refractivity contribution in [3.8, 4) is 11.5 Å². The molecule has 1 N–H and O–H groups in total. The summed E-state index contributed by atoms with van der Waals surface area (Å²) in [5, 5.41) is 10.6. The van der Waals surface area contributed by atoms with Crippen LogP contribution < -0.4 is 5.32 Å². The Morgan fingerprint density at radius 1 is 1.15 bits per heavy atom. The third kappa shape index (κ3) is 4.45. The summed E-state index contributed by atoms with van der Waals surface area (Å²) in [4.78, 5) is 12.0. The lowest BCUT2D eigenvalue weighted by atomic mass is 10.1. The van der Waals surface area contributed by atoms with Crippen LogP contribution in [0, 0.1) is 11.6 Å². The molecule has 0 aliphatic carbocycles. The van der Waals surface area contributed by atoms with E-state index in [1.165, 1.54) is 24.3 Å². The van der Waals surface area contributed by atoms with Gasteiger partial charge in [0.1, 0.15) is 11.6 Å². The summed E-state index contributed by atoms with van der Waals surface area (Å²) in [7, 11) is 0. The van der Waals surface area contributed by atoms with Gasteiger partial charge in [0.15, 0.2) is 0 Å². The van der Waals surface area contributed by atoms with Crippen LogP contribution in [0.3, 0.4) is 0 Å². The number of halogens is 2. The summed E-state index contributed by atoms with van der Waals surface area (Å²) in [6, 6.07) is 11.7. The first-order valence-electron chi connectivity index (χ1n) is 7.79. The predicted molar refractivity (Wildman–Crippen MR) is 93.4 cm³/mol. The standard InChI is InChI=1S/C18H15F2N3O2S/c1-11(12-6-8-13(19)9-7-12)21-16(24)10-26-18-23-22-17(25-18)14-4-2-3-5-15(14)20/h2-9,11H,10H2,1H3,(H,21,24)/t11-/m0/s1. The molecule has 1 heterocycles. The van der Waals surface area contributed by atoms with E-state index in [9.17, 15) is 13.6 Å². The lowest BCUT2D eigenvalue weighted by Gasteiger charge is -2.13. The highest BCUT2D eigenvalue weighted by Gasteiger charge is 2.15. The molecule has 2 aromatic carbocycles. The first-order chi connectivity index (χ1) is 12.5. The van der Waals surface area contributed by atoms with E-state index in [1.807, 2.05) is 0 Å². The largest absolute Gasteiger partial charge is 0.411 e. The Balaban J connectivity index is 1.55. The van der Waals surface area contributed by atoms with E-state index in [0.717, 1.165) is 17.3 Å². The van der Waals surface area contributed by atoms with Crippen LogP contribution in [-0.4, -0.2) is 21.9 Å². The summed E-state index contributed by atoms with van der Waals surface area (Å²) >= 11 is 1.05. The van der Waals surface area contributed by atoms with Crippen LogP contribution in [0.25, 0.3) is 11.5 Å². The second-order valence-corrected chi connectivity index (χ2v) is 6.41. The predicted octanol–water partition coefficient (Wildman–Crippen LogP) is 3.98. The van der Waals surface area contributed by atoms with Crippen molar-refractivity contribution < 1.29 is 18.0 Å². The molecule has 26 heavy (non-hydrogen) atoms. The lowest BCUT2D eigenvalue weighted by molar-refractivity contribution is -0.119. The van der Waals surface area contributed by atoms with E-state index in [0.29, 0.717) is 0 Å². The zero-order chi connectivity index (χ0) is 18.5. The van der Waals surface area contributed by atoms with Gasteiger partial charge in [-0.2, -0.15) is 0 Å². The minimum absolute atomic E-state index is 0.0600. The molecule has 0 spiro atoms. The van der Waals surface area contributed by atoms with Crippen LogP contribution in [0.5, 0.6) is 0 Å². The highest BCUT2D eigenvalue weighted by molar-refractivity contribution is 7.99. The van der Waals surface area contributed by atoms with Crippen LogP contribution in [0.15, 0.2) is 58.2 Å². The van der Waals surface area contributed by atoms with Crippen molar-refractivity contribution in [3.63, 3.8) is 0 Å². The number of amides is 1. The second kappa shape index (κ2) is 8.09. The molecule has 0 bridgehead atoms. The number of nitrogens with one attached hydrogen (secondary N) is 1. The number of hydrogen-bond donors (Lipinski definition) is 1. The first kappa shape index (κ1) is 18.1. The van der Waals surface area contributed by atoms with Crippen molar-refractivity contribution in [2.24, 2.45) is 0 Å². The molecule has 0 aliphatic heterocycles. The van der Waals surface area contributed by atoms with Crippen molar-refractivity contribution in [1.82, 2.24) is 15.5 Å². The van der Waals surface area contributed by atoms with E-state index < -0.39 is 5.82 Å². The van der Waals surface area contributed by atoms with Gasteiger partial charge in [-0.1, -0.05) is 36.0 Å². The van der Waals surface area contributed by atoms with E-state index in [1.54, 1.807) is 31.2 Å². The Morgan fingerprint density at radius 2 is 1.88 bits per heavy atom. The molecule has 0 unspecified atom stereocenters. The summed E-state index contributed by atoms with van der Waals surface area (Å²) in [6.07, 6.45) is 0. The monoisotopic (exact) mass is 375 g/mol. The molecule has 3 aromatic rings. The number of aromatic nitrogens is 2. The Kier molecular flexibility index (Phi) is 5.62. The van der Waals surface area contributed by atoms with Crippen LogP contribution in [0.2, 0.25) is 0 Å². The van der Waals surface area contributed by atoms with E-state index in [4.69, 9.17) is 4.42 Å². The highest BCUT2D eigenvalue weighted by Crippen LogP contribution is 2.25. The molecule has 5 nitrogen and oxygen atoms in total. The second-order valence-electron chi connectivity index (χ2n) is 5.48. The number of thioether (sulfide) groups is 1. The number of rotatable bonds is 6. The van der Waals surface area contributed by atoms with Gasteiger partial charge < -0.3 is 9.73 Å². The fourth-order valence-corrected chi connectivity index (χ4v) is 2.83. The van der Waals surface area contributed by atoms with Crippen molar-refractivity contribution >= 4 is 17.7 Å². The third-order valence-corrected chi connectivity index (χ3v) is 4.40. The van der Waals surface area contributed by atoms with E-state index >= 15 is 0 Å². The van der Waals surface area contributed by atoms with Gasteiger partial charge in [0.25, 0.3) is 11.1 Å². The number of benzene rings is 2. The van der Waals surface area contributed by atoms with Gasteiger partial charge in [0.05, 0.1) is 17.4 Å². The van der Waals surface area contributed by atoms with Crippen molar-refractivity contribution in [2.45, 2.75) is 18.2 Å². The molecule has 0 radical (unpaired) electrons. The molecule has 8 heteroatoms. The molecule has 1 atom stereocenters. The molecule has 0 aliphatic rings. The third-order valence-electron chi connectivity index (χ3n) is 3.58.